The van der Waals surface area contributed by atoms with Gasteiger partial charge in [0.05, 0.1) is 0 Å². The van der Waals surface area contributed by atoms with Gasteiger partial charge in [0, 0.05) is 23.8 Å². The molecule has 0 aromatic carbocycles. The Labute approximate surface area is 104 Å². The molecule has 0 bridgehead atoms. The van der Waals surface area contributed by atoms with Gasteiger partial charge in [-0.1, -0.05) is 13.8 Å². The molecule has 1 atom stereocenters. The van der Waals surface area contributed by atoms with Gasteiger partial charge in [0.25, 0.3) is 0 Å². The van der Waals surface area contributed by atoms with E-state index in [2.05, 4.69) is 6.92 Å². The predicted molar refractivity (Wildman–Crippen MR) is 66.2 cm³/mol. The quantitative estimate of drug-likeness (QED) is 0.814. The number of aromatic nitrogens is 1. The van der Waals surface area contributed by atoms with E-state index in [-0.39, 0.29) is 18.2 Å². The molecule has 0 spiro atoms. The van der Waals surface area contributed by atoms with Gasteiger partial charge in [0.15, 0.2) is 0 Å². The lowest BCUT2D eigenvalue weighted by molar-refractivity contribution is -0.145. The highest BCUT2D eigenvalue weighted by atomic mass is 32.2. The van der Waals surface area contributed by atoms with Gasteiger partial charge in [-0.15, -0.1) is 4.73 Å². The van der Waals surface area contributed by atoms with Crippen molar-refractivity contribution < 1.29 is 19.8 Å². The third kappa shape index (κ3) is 4.22. The second-order valence-corrected chi connectivity index (χ2v) is 5.33. The summed E-state index contributed by atoms with van der Waals surface area (Å²) < 4.78 is 0.708. The van der Waals surface area contributed by atoms with Crippen LogP contribution in [0.4, 0.5) is 0 Å². The minimum atomic E-state index is -0.477. The van der Waals surface area contributed by atoms with Crippen LogP contribution in [-0.2, 0) is 4.79 Å². The average molecular weight is 259 g/mol. The SMILES string of the molecule is CCSC(C)CCC(=O)On1c(O)ccc1O. The molecular formula is C11H17NO4S. The molecule has 96 valence electrons. The number of aromatic hydroxyl groups is 2. The van der Waals surface area contributed by atoms with Gasteiger partial charge >= 0.3 is 5.97 Å². The van der Waals surface area contributed by atoms with E-state index in [1.807, 2.05) is 6.92 Å². The first-order chi connectivity index (χ1) is 8.04. The lowest BCUT2D eigenvalue weighted by Gasteiger charge is -2.10. The first kappa shape index (κ1) is 13.8. The van der Waals surface area contributed by atoms with Crippen molar-refractivity contribution in [1.29, 1.82) is 0 Å². The second kappa shape index (κ2) is 6.44. The third-order valence-electron chi connectivity index (χ3n) is 2.20. The zero-order valence-corrected chi connectivity index (χ0v) is 10.7. The van der Waals surface area contributed by atoms with Crippen LogP contribution in [0.25, 0.3) is 0 Å². The van der Waals surface area contributed by atoms with Crippen molar-refractivity contribution >= 4 is 17.7 Å². The summed E-state index contributed by atoms with van der Waals surface area (Å²) >= 11 is 1.77. The van der Waals surface area contributed by atoms with Crippen LogP contribution in [0.3, 0.4) is 0 Å². The fourth-order valence-corrected chi connectivity index (χ4v) is 2.19. The Hall–Kier alpha value is -1.30. The molecule has 1 unspecified atom stereocenters. The second-order valence-electron chi connectivity index (χ2n) is 3.61. The number of thioether (sulfide) groups is 1. The van der Waals surface area contributed by atoms with E-state index in [0.29, 0.717) is 16.4 Å². The Kier molecular flexibility index (Phi) is 5.21. The Morgan fingerprint density at radius 3 is 2.59 bits per heavy atom. The highest BCUT2D eigenvalue weighted by molar-refractivity contribution is 7.99. The monoisotopic (exact) mass is 259 g/mol. The van der Waals surface area contributed by atoms with E-state index in [9.17, 15) is 15.0 Å². The molecule has 0 saturated carbocycles. The highest BCUT2D eigenvalue weighted by Gasteiger charge is 2.13. The predicted octanol–water partition coefficient (Wildman–Crippen LogP) is 1.78. The van der Waals surface area contributed by atoms with E-state index in [0.717, 1.165) is 5.75 Å². The lowest BCUT2D eigenvalue weighted by Crippen LogP contribution is -2.19. The van der Waals surface area contributed by atoms with Crippen molar-refractivity contribution in [3.05, 3.63) is 12.1 Å². The molecule has 0 radical (unpaired) electrons. The molecule has 6 heteroatoms. The van der Waals surface area contributed by atoms with E-state index in [4.69, 9.17) is 4.84 Å². The zero-order chi connectivity index (χ0) is 12.8. The minimum Gasteiger partial charge on any atom is -0.492 e. The Morgan fingerprint density at radius 2 is 2.06 bits per heavy atom. The molecule has 1 heterocycles. The molecule has 2 N–H and O–H groups in total. The van der Waals surface area contributed by atoms with Crippen molar-refractivity contribution in [3.8, 4) is 11.8 Å². The Balaban J connectivity index is 2.40. The average Bonchev–Trinajstić information content (AvgIpc) is 2.58. The smallest absolute Gasteiger partial charge is 0.333 e. The molecule has 0 aliphatic carbocycles. The van der Waals surface area contributed by atoms with Crippen LogP contribution in [0.2, 0.25) is 0 Å². The molecule has 5 nitrogen and oxygen atoms in total. The summed E-state index contributed by atoms with van der Waals surface area (Å²) in [6.45, 7) is 4.11. The van der Waals surface area contributed by atoms with Crippen LogP contribution >= 0.6 is 11.8 Å². The molecule has 0 aliphatic heterocycles. The summed E-state index contributed by atoms with van der Waals surface area (Å²) in [5, 5.41) is 18.9. The van der Waals surface area contributed by atoms with Gasteiger partial charge in [0.1, 0.15) is 0 Å². The van der Waals surface area contributed by atoms with E-state index < -0.39 is 5.97 Å². The van der Waals surface area contributed by atoms with Crippen molar-refractivity contribution in [2.45, 2.75) is 31.9 Å². The minimum absolute atomic E-state index is 0.255. The summed E-state index contributed by atoms with van der Waals surface area (Å²) in [7, 11) is 0. The number of hydrogen-bond donors (Lipinski definition) is 2. The number of nitrogens with zero attached hydrogens (tertiary/aromatic N) is 1. The van der Waals surface area contributed by atoms with Gasteiger partial charge in [0.2, 0.25) is 11.8 Å². The van der Waals surface area contributed by atoms with E-state index >= 15 is 0 Å². The zero-order valence-electron chi connectivity index (χ0n) is 9.92. The maximum Gasteiger partial charge on any atom is 0.333 e. The molecule has 1 aromatic rings. The summed E-state index contributed by atoms with van der Waals surface area (Å²) in [4.78, 5) is 16.3. The summed E-state index contributed by atoms with van der Waals surface area (Å²) in [6.07, 6.45) is 0.964. The number of carbonyl (C=O) groups excluding carboxylic acids is 1. The maximum atomic E-state index is 11.4. The van der Waals surface area contributed by atoms with E-state index in [1.54, 1.807) is 11.8 Å². The van der Waals surface area contributed by atoms with Crippen molar-refractivity contribution in [1.82, 2.24) is 4.73 Å². The van der Waals surface area contributed by atoms with Crippen LogP contribution in [0, 0.1) is 0 Å². The summed E-state index contributed by atoms with van der Waals surface area (Å²) in [5.74, 6) is -0.0657. The van der Waals surface area contributed by atoms with Crippen LogP contribution in [0.15, 0.2) is 12.1 Å². The largest absolute Gasteiger partial charge is 0.492 e. The van der Waals surface area contributed by atoms with Crippen molar-refractivity contribution in [2.75, 3.05) is 5.75 Å². The van der Waals surface area contributed by atoms with Gasteiger partial charge in [-0.25, -0.2) is 4.79 Å². The molecule has 0 fully saturated rings. The fraction of sp³-hybridized carbons (Fsp3) is 0.545. The lowest BCUT2D eigenvalue weighted by atomic mass is 10.2. The summed E-state index contributed by atoms with van der Waals surface area (Å²) in [6, 6.07) is 2.50. The topological polar surface area (TPSA) is 71.7 Å². The van der Waals surface area contributed by atoms with Gasteiger partial charge < -0.3 is 15.1 Å². The van der Waals surface area contributed by atoms with E-state index in [1.165, 1.54) is 12.1 Å². The normalized spacial score (nSPS) is 12.4. The van der Waals surface area contributed by atoms with Crippen LogP contribution in [-0.4, -0.2) is 31.9 Å². The first-order valence-corrected chi connectivity index (χ1v) is 6.52. The fourth-order valence-electron chi connectivity index (χ4n) is 1.33. The molecule has 0 aliphatic rings. The number of hydrogen-bond acceptors (Lipinski definition) is 5. The molecule has 0 saturated heterocycles. The first-order valence-electron chi connectivity index (χ1n) is 5.47. The van der Waals surface area contributed by atoms with Crippen LogP contribution in [0.1, 0.15) is 26.7 Å². The van der Waals surface area contributed by atoms with Crippen molar-refractivity contribution in [3.63, 3.8) is 0 Å². The summed E-state index contributed by atoms with van der Waals surface area (Å²) in [5.41, 5.74) is 0. The molecular weight excluding hydrogens is 242 g/mol. The van der Waals surface area contributed by atoms with Gasteiger partial charge in [-0.2, -0.15) is 11.8 Å². The Morgan fingerprint density at radius 1 is 1.47 bits per heavy atom. The van der Waals surface area contributed by atoms with Crippen LogP contribution in [0.5, 0.6) is 11.8 Å². The third-order valence-corrected chi connectivity index (χ3v) is 3.33. The molecule has 1 aromatic heterocycles. The molecule has 0 amide bonds. The van der Waals surface area contributed by atoms with Crippen molar-refractivity contribution in [2.24, 2.45) is 0 Å². The highest BCUT2D eigenvalue weighted by Crippen LogP contribution is 2.19. The molecule has 17 heavy (non-hydrogen) atoms. The van der Waals surface area contributed by atoms with Gasteiger partial charge in [-0.3, -0.25) is 0 Å². The number of rotatable bonds is 6. The molecule has 1 rings (SSSR count). The standard InChI is InChI=1S/C11H17NO4S/c1-3-17-8(2)4-7-11(15)16-12-9(13)5-6-10(12)14/h5-6,8,13-14H,3-4,7H2,1-2H3. The van der Waals surface area contributed by atoms with Gasteiger partial charge in [-0.05, 0) is 12.2 Å². The van der Waals surface area contributed by atoms with Crippen LogP contribution < -0.4 is 4.84 Å². The Bertz CT molecular complexity index is 358. The maximum absolute atomic E-state index is 11.4. The number of carbonyl (C=O) groups is 1.